The van der Waals surface area contributed by atoms with E-state index in [9.17, 15) is 9.59 Å². The molecule has 4 rings (SSSR count). The van der Waals surface area contributed by atoms with Crippen LogP contribution in [0.4, 0.5) is 11.4 Å². The molecule has 1 heterocycles. The van der Waals surface area contributed by atoms with Crippen LogP contribution in [-0.2, 0) is 4.79 Å². The van der Waals surface area contributed by atoms with Gasteiger partial charge in [-0.15, -0.1) is 0 Å². The standard InChI is InChI=1S/C22H17BrN4O2S/c23-15-8-10-16(11-9-15)25-21(29)14-4-3-5-17(12-14)24-20(28)13-30-22-26-18-6-1-2-7-19(18)27-22/h1-12H,13H2,(H,24,28)(H,25,29)(H,26,27). The molecule has 3 N–H and O–H groups in total. The molecule has 0 fully saturated rings. The Bertz CT molecular complexity index is 1170. The summed E-state index contributed by atoms with van der Waals surface area (Å²) < 4.78 is 0.936. The third-order valence-corrected chi connectivity index (χ3v) is 5.62. The summed E-state index contributed by atoms with van der Waals surface area (Å²) in [6.45, 7) is 0. The van der Waals surface area contributed by atoms with Gasteiger partial charge in [0.15, 0.2) is 5.16 Å². The van der Waals surface area contributed by atoms with E-state index in [0.717, 1.165) is 15.5 Å². The molecule has 0 spiro atoms. The summed E-state index contributed by atoms with van der Waals surface area (Å²) in [5, 5.41) is 6.35. The number of halogens is 1. The zero-order valence-electron chi connectivity index (χ0n) is 15.7. The number of H-pyrrole nitrogens is 1. The summed E-state index contributed by atoms with van der Waals surface area (Å²) in [4.78, 5) is 32.4. The lowest BCUT2D eigenvalue weighted by Crippen LogP contribution is -2.16. The Balaban J connectivity index is 1.35. The van der Waals surface area contributed by atoms with Crippen LogP contribution < -0.4 is 10.6 Å². The smallest absolute Gasteiger partial charge is 0.255 e. The van der Waals surface area contributed by atoms with Gasteiger partial charge in [-0.1, -0.05) is 45.9 Å². The molecule has 0 aliphatic heterocycles. The van der Waals surface area contributed by atoms with Gasteiger partial charge in [-0.05, 0) is 54.6 Å². The number of aromatic nitrogens is 2. The van der Waals surface area contributed by atoms with Gasteiger partial charge in [0.2, 0.25) is 5.91 Å². The lowest BCUT2D eigenvalue weighted by molar-refractivity contribution is -0.113. The minimum Gasteiger partial charge on any atom is -0.333 e. The molecule has 150 valence electrons. The molecule has 0 unspecified atom stereocenters. The fourth-order valence-corrected chi connectivity index (χ4v) is 3.75. The van der Waals surface area contributed by atoms with Crippen molar-refractivity contribution in [3.05, 3.63) is 82.8 Å². The van der Waals surface area contributed by atoms with Gasteiger partial charge >= 0.3 is 0 Å². The lowest BCUT2D eigenvalue weighted by atomic mass is 10.2. The van der Waals surface area contributed by atoms with Crippen molar-refractivity contribution in [1.29, 1.82) is 0 Å². The number of hydrogen-bond acceptors (Lipinski definition) is 4. The second-order valence-electron chi connectivity index (χ2n) is 6.44. The monoisotopic (exact) mass is 480 g/mol. The highest BCUT2D eigenvalue weighted by atomic mass is 79.9. The van der Waals surface area contributed by atoms with Gasteiger partial charge in [-0.3, -0.25) is 9.59 Å². The number of imidazole rings is 1. The topological polar surface area (TPSA) is 86.9 Å². The Hall–Kier alpha value is -3.10. The Morgan fingerprint density at radius 3 is 2.53 bits per heavy atom. The number of fused-ring (bicyclic) bond motifs is 1. The quantitative estimate of drug-likeness (QED) is 0.326. The van der Waals surface area contributed by atoms with Crippen molar-refractivity contribution in [2.24, 2.45) is 0 Å². The molecule has 6 nitrogen and oxygen atoms in total. The summed E-state index contributed by atoms with van der Waals surface area (Å²) in [5.41, 5.74) is 3.52. The van der Waals surface area contributed by atoms with E-state index in [1.54, 1.807) is 24.3 Å². The number of hydrogen-bond donors (Lipinski definition) is 3. The number of carbonyl (C=O) groups excluding carboxylic acids is 2. The number of thioether (sulfide) groups is 1. The van der Waals surface area contributed by atoms with E-state index in [-0.39, 0.29) is 17.6 Å². The molecule has 0 atom stereocenters. The minimum atomic E-state index is -0.245. The number of para-hydroxylation sites is 2. The zero-order chi connectivity index (χ0) is 20.9. The Kier molecular flexibility index (Phi) is 6.15. The molecule has 1 aromatic heterocycles. The van der Waals surface area contributed by atoms with Gasteiger partial charge in [0.25, 0.3) is 5.91 Å². The Morgan fingerprint density at radius 2 is 1.73 bits per heavy atom. The fourth-order valence-electron chi connectivity index (χ4n) is 2.80. The Labute approximate surface area is 185 Å². The average Bonchev–Trinajstić information content (AvgIpc) is 3.17. The number of aromatic amines is 1. The summed E-state index contributed by atoms with van der Waals surface area (Å²) in [6, 6.07) is 21.9. The van der Waals surface area contributed by atoms with Crippen molar-refractivity contribution in [1.82, 2.24) is 9.97 Å². The summed E-state index contributed by atoms with van der Waals surface area (Å²) in [6.07, 6.45) is 0. The number of nitrogens with one attached hydrogen (secondary N) is 3. The molecular formula is C22H17BrN4O2S. The number of benzene rings is 3. The largest absolute Gasteiger partial charge is 0.333 e. The van der Waals surface area contributed by atoms with Crippen molar-refractivity contribution < 1.29 is 9.59 Å². The van der Waals surface area contributed by atoms with Crippen LogP contribution in [0.2, 0.25) is 0 Å². The van der Waals surface area contributed by atoms with E-state index in [1.807, 2.05) is 48.5 Å². The number of nitrogens with zero attached hydrogens (tertiary/aromatic N) is 1. The summed E-state index contributed by atoms with van der Waals surface area (Å²) in [7, 11) is 0. The first-order valence-electron chi connectivity index (χ1n) is 9.11. The molecule has 0 bridgehead atoms. The summed E-state index contributed by atoms with van der Waals surface area (Å²) >= 11 is 4.69. The molecular weight excluding hydrogens is 464 g/mol. The highest BCUT2D eigenvalue weighted by Gasteiger charge is 2.10. The van der Waals surface area contributed by atoms with Crippen LogP contribution >= 0.6 is 27.7 Å². The van der Waals surface area contributed by atoms with E-state index >= 15 is 0 Å². The van der Waals surface area contributed by atoms with Crippen LogP contribution in [0.1, 0.15) is 10.4 Å². The van der Waals surface area contributed by atoms with E-state index in [1.165, 1.54) is 11.8 Å². The molecule has 0 saturated carbocycles. The molecule has 30 heavy (non-hydrogen) atoms. The molecule has 4 aromatic rings. The van der Waals surface area contributed by atoms with E-state index < -0.39 is 0 Å². The van der Waals surface area contributed by atoms with Gasteiger partial charge in [0.05, 0.1) is 16.8 Å². The first-order valence-corrected chi connectivity index (χ1v) is 10.9. The maximum atomic E-state index is 12.5. The molecule has 3 aromatic carbocycles. The predicted molar refractivity (Wildman–Crippen MR) is 124 cm³/mol. The Morgan fingerprint density at radius 1 is 0.933 bits per heavy atom. The van der Waals surface area contributed by atoms with Crippen LogP contribution in [0.15, 0.2) is 82.4 Å². The molecule has 0 saturated heterocycles. The third kappa shape index (κ3) is 5.08. The van der Waals surface area contributed by atoms with Crippen molar-refractivity contribution in [3.8, 4) is 0 Å². The van der Waals surface area contributed by atoms with Crippen LogP contribution in [0, 0.1) is 0 Å². The molecule has 0 aliphatic carbocycles. The van der Waals surface area contributed by atoms with Crippen molar-refractivity contribution in [2.45, 2.75) is 5.16 Å². The first kappa shape index (κ1) is 20.2. The second-order valence-corrected chi connectivity index (χ2v) is 8.32. The van der Waals surface area contributed by atoms with E-state index in [4.69, 9.17) is 0 Å². The molecule has 2 amide bonds. The van der Waals surface area contributed by atoms with Gasteiger partial charge in [0.1, 0.15) is 0 Å². The van der Waals surface area contributed by atoms with E-state index in [0.29, 0.717) is 22.1 Å². The maximum Gasteiger partial charge on any atom is 0.255 e. The van der Waals surface area contributed by atoms with Gasteiger partial charge in [-0.25, -0.2) is 4.98 Å². The van der Waals surface area contributed by atoms with Crippen LogP contribution in [-0.4, -0.2) is 27.5 Å². The zero-order valence-corrected chi connectivity index (χ0v) is 18.1. The SMILES string of the molecule is O=C(CSc1nc2ccccc2[nH]1)Nc1cccc(C(=O)Nc2ccc(Br)cc2)c1. The van der Waals surface area contributed by atoms with Gasteiger partial charge in [-0.2, -0.15) is 0 Å². The molecule has 8 heteroatoms. The fraction of sp³-hybridized carbons (Fsp3) is 0.0455. The van der Waals surface area contributed by atoms with Crippen LogP contribution in [0.3, 0.4) is 0 Å². The van der Waals surface area contributed by atoms with Crippen molar-refractivity contribution in [2.75, 3.05) is 16.4 Å². The third-order valence-electron chi connectivity index (χ3n) is 4.22. The average molecular weight is 481 g/mol. The van der Waals surface area contributed by atoms with Crippen LogP contribution in [0.5, 0.6) is 0 Å². The number of rotatable bonds is 6. The van der Waals surface area contributed by atoms with E-state index in [2.05, 4.69) is 36.5 Å². The lowest BCUT2D eigenvalue weighted by Gasteiger charge is -2.08. The molecule has 0 radical (unpaired) electrons. The first-order chi connectivity index (χ1) is 14.6. The number of anilines is 2. The second kappa shape index (κ2) is 9.15. The van der Waals surface area contributed by atoms with Crippen LogP contribution in [0.25, 0.3) is 11.0 Å². The molecule has 0 aliphatic rings. The van der Waals surface area contributed by atoms with Gasteiger partial charge in [0, 0.05) is 21.4 Å². The highest BCUT2D eigenvalue weighted by Crippen LogP contribution is 2.20. The normalized spacial score (nSPS) is 10.7. The minimum absolute atomic E-state index is 0.175. The van der Waals surface area contributed by atoms with Gasteiger partial charge < -0.3 is 15.6 Å². The predicted octanol–water partition coefficient (Wildman–Crippen LogP) is 5.31. The van der Waals surface area contributed by atoms with Crippen molar-refractivity contribution in [3.63, 3.8) is 0 Å². The number of amides is 2. The summed E-state index contributed by atoms with van der Waals surface area (Å²) in [5.74, 6) is -0.217. The number of carbonyl (C=O) groups is 2. The maximum absolute atomic E-state index is 12.5. The van der Waals surface area contributed by atoms with Crippen molar-refractivity contribution >= 4 is 61.9 Å². The highest BCUT2D eigenvalue weighted by molar-refractivity contribution is 9.10.